The van der Waals surface area contributed by atoms with Gasteiger partial charge in [-0.15, -0.1) is 0 Å². The monoisotopic (exact) mass is 590 g/mol. The van der Waals surface area contributed by atoms with Gasteiger partial charge in [0, 0.05) is 43.9 Å². The van der Waals surface area contributed by atoms with Gasteiger partial charge in [-0.2, -0.15) is 0 Å². The van der Waals surface area contributed by atoms with E-state index in [1.54, 1.807) is 24.4 Å². The van der Waals surface area contributed by atoms with Crippen molar-refractivity contribution in [2.24, 2.45) is 0 Å². The summed E-state index contributed by atoms with van der Waals surface area (Å²) in [7, 11) is 1.50. The maximum absolute atomic E-state index is 14.4. The number of hydrogen-bond acceptors (Lipinski definition) is 8. The molecule has 2 aliphatic heterocycles. The molecule has 2 aliphatic rings. The SMILES string of the molecule is CCC(=O)c1ccc(-c2ccc(N3C(=O)N(c4cc(OC)ncn4)C4(CCN(Cc5ncccc5C)CC4)C3=O)cc2)cc1. The van der Waals surface area contributed by atoms with Crippen LogP contribution in [-0.2, 0) is 11.3 Å². The van der Waals surface area contributed by atoms with E-state index in [-0.39, 0.29) is 11.7 Å². The zero-order valence-electron chi connectivity index (χ0n) is 25.1. The van der Waals surface area contributed by atoms with Crippen LogP contribution in [0.4, 0.5) is 16.3 Å². The van der Waals surface area contributed by atoms with Crippen molar-refractivity contribution >= 4 is 29.2 Å². The number of carbonyl (C=O) groups is 3. The number of aryl methyl sites for hydroxylation is 1. The molecular formula is C34H34N6O4. The van der Waals surface area contributed by atoms with Crippen molar-refractivity contribution < 1.29 is 19.1 Å². The number of carbonyl (C=O) groups excluding carboxylic acids is 3. The highest BCUT2D eigenvalue weighted by Gasteiger charge is 2.59. The highest BCUT2D eigenvalue weighted by molar-refractivity contribution is 6.30. The van der Waals surface area contributed by atoms with Crippen molar-refractivity contribution in [1.29, 1.82) is 0 Å². The van der Waals surface area contributed by atoms with E-state index < -0.39 is 11.6 Å². The van der Waals surface area contributed by atoms with Crippen LogP contribution in [0.3, 0.4) is 0 Å². The molecule has 0 aliphatic carbocycles. The molecule has 0 N–H and O–H groups in total. The van der Waals surface area contributed by atoms with E-state index in [0.29, 0.717) is 61.8 Å². The summed E-state index contributed by atoms with van der Waals surface area (Å²) in [5.41, 5.74) is 4.02. The Hall–Kier alpha value is -4.96. The van der Waals surface area contributed by atoms with Crippen LogP contribution in [0.15, 0.2) is 79.3 Å². The van der Waals surface area contributed by atoms with E-state index in [9.17, 15) is 14.4 Å². The molecule has 10 nitrogen and oxygen atoms in total. The molecule has 4 heterocycles. The number of nitrogens with zero attached hydrogens (tertiary/aromatic N) is 6. The lowest BCUT2D eigenvalue weighted by Crippen LogP contribution is -2.57. The van der Waals surface area contributed by atoms with Crippen LogP contribution in [0.25, 0.3) is 11.1 Å². The second kappa shape index (κ2) is 12.0. The molecule has 10 heteroatoms. The molecule has 0 saturated carbocycles. The van der Waals surface area contributed by atoms with Gasteiger partial charge in [-0.3, -0.25) is 24.4 Å². The minimum atomic E-state index is -1.10. The molecule has 2 aromatic heterocycles. The Morgan fingerprint density at radius 2 is 1.61 bits per heavy atom. The van der Waals surface area contributed by atoms with Crippen LogP contribution in [0, 0.1) is 6.92 Å². The van der Waals surface area contributed by atoms with Gasteiger partial charge in [0.1, 0.15) is 17.7 Å². The fraction of sp³-hybridized carbons (Fsp3) is 0.294. The highest BCUT2D eigenvalue weighted by Crippen LogP contribution is 2.42. The minimum Gasteiger partial charge on any atom is -0.481 e. The van der Waals surface area contributed by atoms with Crippen LogP contribution in [0.2, 0.25) is 0 Å². The van der Waals surface area contributed by atoms with Crippen molar-refractivity contribution in [3.05, 3.63) is 96.1 Å². The molecule has 44 heavy (non-hydrogen) atoms. The molecule has 0 radical (unpaired) electrons. The molecule has 2 saturated heterocycles. The van der Waals surface area contributed by atoms with Gasteiger partial charge in [-0.1, -0.05) is 49.4 Å². The number of anilines is 2. The third-order valence-electron chi connectivity index (χ3n) is 8.64. The summed E-state index contributed by atoms with van der Waals surface area (Å²) in [5.74, 6) is 0.451. The van der Waals surface area contributed by atoms with Gasteiger partial charge < -0.3 is 4.74 Å². The number of ketones is 1. The number of likely N-dealkylation sites (tertiary alicyclic amines) is 1. The predicted molar refractivity (Wildman–Crippen MR) is 167 cm³/mol. The number of imide groups is 1. The first-order valence-corrected chi connectivity index (χ1v) is 14.8. The summed E-state index contributed by atoms with van der Waals surface area (Å²) in [5, 5.41) is 0. The minimum absolute atomic E-state index is 0.0930. The van der Waals surface area contributed by atoms with E-state index in [0.717, 1.165) is 22.4 Å². The number of urea groups is 1. The maximum atomic E-state index is 14.4. The van der Waals surface area contributed by atoms with Crippen LogP contribution >= 0.6 is 0 Å². The number of amides is 3. The van der Waals surface area contributed by atoms with Gasteiger partial charge in [0.05, 0.1) is 18.5 Å². The van der Waals surface area contributed by atoms with Crippen LogP contribution in [0.5, 0.6) is 5.88 Å². The fourth-order valence-electron chi connectivity index (χ4n) is 6.05. The maximum Gasteiger partial charge on any atom is 0.338 e. The summed E-state index contributed by atoms with van der Waals surface area (Å²) in [6.45, 7) is 5.77. The summed E-state index contributed by atoms with van der Waals surface area (Å²) in [6, 6.07) is 19.9. The number of benzene rings is 2. The average Bonchev–Trinajstić information content (AvgIpc) is 3.27. The lowest BCUT2D eigenvalue weighted by atomic mass is 9.85. The summed E-state index contributed by atoms with van der Waals surface area (Å²) in [4.78, 5) is 58.7. The van der Waals surface area contributed by atoms with Gasteiger partial charge in [-0.05, 0) is 54.7 Å². The van der Waals surface area contributed by atoms with E-state index in [4.69, 9.17) is 4.74 Å². The molecular weight excluding hydrogens is 556 g/mol. The highest BCUT2D eigenvalue weighted by atomic mass is 16.5. The number of rotatable bonds is 8. The molecule has 0 atom stereocenters. The van der Waals surface area contributed by atoms with E-state index >= 15 is 0 Å². The van der Waals surface area contributed by atoms with E-state index in [2.05, 4.69) is 19.9 Å². The predicted octanol–water partition coefficient (Wildman–Crippen LogP) is 5.46. The Morgan fingerprint density at radius 3 is 2.25 bits per heavy atom. The number of pyridine rings is 1. The first kappa shape index (κ1) is 29.1. The van der Waals surface area contributed by atoms with E-state index in [1.165, 1.54) is 23.2 Å². The van der Waals surface area contributed by atoms with Gasteiger partial charge >= 0.3 is 6.03 Å². The summed E-state index contributed by atoms with van der Waals surface area (Å²) < 4.78 is 5.32. The molecule has 2 fully saturated rings. The largest absolute Gasteiger partial charge is 0.481 e. The zero-order valence-corrected chi connectivity index (χ0v) is 25.1. The van der Waals surface area contributed by atoms with Crippen molar-refractivity contribution in [2.75, 3.05) is 30.0 Å². The van der Waals surface area contributed by atoms with Crippen molar-refractivity contribution in [2.45, 2.75) is 45.2 Å². The first-order chi connectivity index (χ1) is 21.3. The van der Waals surface area contributed by atoms with Gasteiger partial charge in [-0.25, -0.2) is 19.7 Å². The second-order valence-electron chi connectivity index (χ2n) is 11.2. The third kappa shape index (κ3) is 5.22. The third-order valence-corrected chi connectivity index (χ3v) is 8.64. The lowest BCUT2D eigenvalue weighted by molar-refractivity contribution is -0.123. The Labute approximate surface area is 256 Å². The molecule has 3 amide bonds. The molecule has 4 aromatic rings. The average molecular weight is 591 g/mol. The van der Waals surface area contributed by atoms with E-state index in [1.807, 2.05) is 62.4 Å². The van der Waals surface area contributed by atoms with Gasteiger partial charge in [0.15, 0.2) is 5.78 Å². The van der Waals surface area contributed by atoms with Gasteiger partial charge in [0.25, 0.3) is 5.91 Å². The number of ether oxygens (including phenoxy) is 1. The number of hydrogen-bond donors (Lipinski definition) is 0. The van der Waals surface area contributed by atoms with Crippen molar-refractivity contribution in [1.82, 2.24) is 19.9 Å². The quantitative estimate of drug-likeness (QED) is 0.197. The van der Waals surface area contributed by atoms with Crippen LogP contribution < -0.4 is 14.5 Å². The van der Waals surface area contributed by atoms with Crippen molar-refractivity contribution in [3.8, 4) is 17.0 Å². The number of piperidine rings is 1. The second-order valence-corrected chi connectivity index (χ2v) is 11.2. The Kier molecular flexibility index (Phi) is 7.92. The standard InChI is InChI=1S/C34H34N6O4/c1-4-29(41)26-9-7-24(8-10-26)25-11-13-27(14-12-25)39-32(42)34(40(33(39)43)30-20-31(44-3)37-22-36-30)15-18-38(19-16-34)21-28-23(2)6-5-17-35-28/h5-14,17,20,22H,4,15-16,18-19,21H2,1-3H3. The lowest BCUT2D eigenvalue weighted by Gasteiger charge is -2.41. The fourth-order valence-corrected chi connectivity index (χ4v) is 6.05. The molecule has 0 unspecified atom stereocenters. The normalized spacial score (nSPS) is 16.5. The Morgan fingerprint density at radius 1 is 0.932 bits per heavy atom. The Bertz CT molecular complexity index is 1700. The topological polar surface area (TPSA) is 109 Å². The first-order valence-electron chi connectivity index (χ1n) is 14.8. The number of methoxy groups -OCH3 is 1. The zero-order chi connectivity index (χ0) is 30.8. The van der Waals surface area contributed by atoms with Crippen molar-refractivity contribution in [3.63, 3.8) is 0 Å². The summed E-state index contributed by atoms with van der Waals surface area (Å²) in [6.07, 6.45) is 4.46. The van der Waals surface area contributed by atoms with Gasteiger partial charge in [0.2, 0.25) is 5.88 Å². The molecule has 2 aromatic carbocycles. The smallest absolute Gasteiger partial charge is 0.338 e. The molecule has 1 spiro atoms. The number of Topliss-reactive ketones (excluding diaryl/α,β-unsaturated/α-hetero) is 1. The molecule has 6 rings (SSSR count). The van der Waals surface area contributed by atoms with Crippen LogP contribution in [0.1, 0.15) is 47.8 Å². The molecule has 0 bridgehead atoms. The molecule has 224 valence electrons. The van der Waals surface area contributed by atoms with Crippen LogP contribution in [-0.4, -0.2) is 63.3 Å². The Balaban J connectivity index is 1.30. The summed E-state index contributed by atoms with van der Waals surface area (Å²) >= 11 is 0. The number of aromatic nitrogens is 3.